The zero-order valence-electron chi connectivity index (χ0n) is 12.9. The Kier molecular flexibility index (Phi) is 4.88. The van der Waals surface area contributed by atoms with Gasteiger partial charge in [-0.25, -0.2) is 4.39 Å². The van der Waals surface area contributed by atoms with Crippen molar-refractivity contribution in [1.82, 2.24) is 4.90 Å². The molecule has 2 nitrogen and oxygen atoms in total. The summed E-state index contributed by atoms with van der Waals surface area (Å²) in [7, 11) is 0. The van der Waals surface area contributed by atoms with Crippen LogP contribution in [0, 0.1) is 0 Å². The van der Waals surface area contributed by atoms with Crippen molar-refractivity contribution in [3.05, 3.63) is 0 Å². The van der Waals surface area contributed by atoms with Crippen LogP contribution in [0.1, 0.15) is 65.7 Å². The van der Waals surface area contributed by atoms with Gasteiger partial charge in [0.1, 0.15) is 5.67 Å². The molecule has 0 spiro atoms. The van der Waals surface area contributed by atoms with E-state index in [1.807, 2.05) is 20.8 Å². The summed E-state index contributed by atoms with van der Waals surface area (Å²) in [5.74, 6) is 0. The first-order chi connectivity index (χ1) is 8.88. The van der Waals surface area contributed by atoms with Crippen LogP contribution >= 0.6 is 0 Å². The molecular formula is C16H30FNO. The first-order valence-corrected chi connectivity index (χ1v) is 7.95. The van der Waals surface area contributed by atoms with Gasteiger partial charge in [0.2, 0.25) is 0 Å². The van der Waals surface area contributed by atoms with Gasteiger partial charge in [-0.1, -0.05) is 19.3 Å². The molecule has 0 N–H and O–H groups in total. The van der Waals surface area contributed by atoms with Crippen molar-refractivity contribution in [1.29, 1.82) is 0 Å². The maximum absolute atomic E-state index is 14.7. The number of hydrogen-bond acceptors (Lipinski definition) is 2. The second-order valence-corrected chi connectivity index (χ2v) is 7.38. The van der Waals surface area contributed by atoms with Crippen molar-refractivity contribution in [2.24, 2.45) is 0 Å². The van der Waals surface area contributed by atoms with E-state index in [-0.39, 0.29) is 12.2 Å². The molecule has 2 rings (SSSR count). The van der Waals surface area contributed by atoms with Gasteiger partial charge in [0.05, 0.1) is 12.2 Å². The van der Waals surface area contributed by atoms with Crippen LogP contribution in [-0.4, -0.2) is 41.9 Å². The molecule has 2 aliphatic rings. The lowest BCUT2D eigenvalue weighted by molar-refractivity contribution is -0.0872. The summed E-state index contributed by atoms with van der Waals surface area (Å²) in [5, 5.41) is 0. The molecule has 1 saturated heterocycles. The molecule has 2 fully saturated rings. The standard InChI is InChI=1S/C16H30FNO/c1-15(2,3)19-13-16(17)9-11-18(12-10-16)14-7-5-4-6-8-14/h14H,4-13H2,1-3H3. The Morgan fingerprint density at radius 2 is 1.68 bits per heavy atom. The largest absolute Gasteiger partial charge is 0.373 e. The molecule has 1 saturated carbocycles. The maximum atomic E-state index is 14.7. The van der Waals surface area contributed by atoms with Crippen molar-refractivity contribution in [2.45, 2.75) is 83.0 Å². The Balaban J connectivity index is 1.77. The van der Waals surface area contributed by atoms with Gasteiger partial charge >= 0.3 is 0 Å². The summed E-state index contributed by atoms with van der Waals surface area (Å²) in [5.41, 5.74) is -1.34. The van der Waals surface area contributed by atoms with E-state index >= 15 is 0 Å². The lowest BCUT2D eigenvalue weighted by Gasteiger charge is -2.42. The van der Waals surface area contributed by atoms with Crippen molar-refractivity contribution in [3.63, 3.8) is 0 Å². The molecule has 0 radical (unpaired) electrons. The first kappa shape index (κ1) is 15.2. The molecule has 0 atom stereocenters. The molecule has 0 aromatic carbocycles. The predicted molar refractivity (Wildman–Crippen MR) is 77.2 cm³/mol. The van der Waals surface area contributed by atoms with Crippen LogP contribution < -0.4 is 0 Å². The monoisotopic (exact) mass is 271 g/mol. The summed E-state index contributed by atoms with van der Waals surface area (Å²) >= 11 is 0. The Labute approximate surface area is 117 Å². The highest BCUT2D eigenvalue weighted by Gasteiger charge is 2.37. The van der Waals surface area contributed by atoms with Gasteiger partial charge in [-0.3, -0.25) is 0 Å². The molecule has 1 aliphatic carbocycles. The van der Waals surface area contributed by atoms with Crippen LogP contribution in [0.3, 0.4) is 0 Å². The van der Waals surface area contributed by atoms with Crippen molar-refractivity contribution in [3.8, 4) is 0 Å². The molecule has 0 bridgehead atoms. The zero-order valence-corrected chi connectivity index (χ0v) is 12.9. The van der Waals surface area contributed by atoms with E-state index in [2.05, 4.69) is 4.90 Å². The van der Waals surface area contributed by atoms with E-state index in [0.717, 1.165) is 19.1 Å². The van der Waals surface area contributed by atoms with Crippen LogP contribution in [0.2, 0.25) is 0 Å². The molecule has 112 valence electrons. The summed E-state index contributed by atoms with van der Waals surface area (Å²) in [6, 6.07) is 0.724. The van der Waals surface area contributed by atoms with Crippen LogP contribution in [0.25, 0.3) is 0 Å². The second-order valence-electron chi connectivity index (χ2n) is 7.38. The normalized spacial score (nSPS) is 26.5. The Morgan fingerprint density at radius 1 is 1.11 bits per heavy atom. The minimum atomic E-state index is -1.10. The number of nitrogens with zero attached hydrogens (tertiary/aromatic N) is 1. The number of alkyl halides is 1. The number of likely N-dealkylation sites (tertiary alicyclic amines) is 1. The lowest BCUT2D eigenvalue weighted by Crippen LogP contribution is -2.49. The summed E-state index contributed by atoms with van der Waals surface area (Å²) in [6.07, 6.45) is 8.01. The molecule has 19 heavy (non-hydrogen) atoms. The van der Waals surface area contributed by atoms with Gasteiger partial charge in [0.15, 0.2) is 0 Å². The van der Waals surface area contributed by atoms with E-state index in [4.69, 9.17) is 4.74 Å². The lowest BCUT2D eigenvalue weighted by atomic mass is 9.89. The van der Waals surface area contributed by atoms with Gasteiger partial charge in [-0.05, 0) is 46.5 Å². The maximum Gasteiger partial charge on any atom is 0.136 e. The van der Waals surface area contributed by atoms with Gasteiger partial charge in [-0.2, -0.15) is 0 Å². The highest BCUT2D eigenvalue weighted by Crippen LogP contribution is 2.32. The number of ether oxygens (including phenoxy) is 1. The SMILES string of the molecule is CC(C)(C)OCC1(F)CCN(C2CCCCC2)CC1. The summed E-state index contributed by atoms with van der Waals surface area (Å²) in [4.78, 5) is 2.52. The van der Waals surface area contributed by atoms with E-state index in [1.165, 1.54) is 32.1 Å². The zero-order chi connectivity index (χ0) is 13.9. The van der Waals surface area contributed by atoms with Crippen LogP contribution in [0.5, 0.6) is 0 Å². The van der Waals surface area contributed by atoms with E-state index in [0.29, 0.717) is 12.8 Å². The average Bonchev–Trinajstić information content (AvgIpc) is 2.38. The summed E-state index contributed by atoms with van der Waals surface area (Å²) in [6.45, 7) is 8.06. The fourth-order valence-corrected chi connectivity index (χ4v) is 3.23. The second kappa shape index (κ2) is 6.09. The van der Waals surface area contributed by atoms with Crippen LogP contribution in [0.4, 0.5) is 4.39 Å². The van der Waals surface area contributed by atoms with Gasteiger partial charge in [0.25, 0.3) is 0 Å². The first-order valence-electron chi connectivity index (χ1n) is 7.95. The summed E-state index contributed by atoms with van der Waals surface area (Å²) < 4.78 is 20.4. The average molecular weight is 271 g/mol. The predicted octanol–water partition coefficient (Wildman–Crippen LogP) is 3.94. The van der Waals surface area contributed by atoms with Gasteiger partial charge in [0, 0.05) is 19.1 Å². The number of piperidine rings is 1. The van der Waals surface area contributed by atoms with Crippen molar-refractivity contribution in [2.75, 3.05) is 19.7 Å². The molecule has 0 amide bonds. The minimum absolute atomic E-state index is 0.237. The van der Waals surface area contributed by atoms with E-state index in [1.54, 1.807) is 0 Å². The molecule has 3 heteroatoms. The number of halogens is 1. The molecule has 0 unspecified atom stereocenters. The molecule has 1 aliphatic heterocycles. The Morgan fingerprint density at radius 3 is 2.21 bits per heavy atom. The fraction of sp³-hybridized carbons (Fsp3) is 1.00. The minimum Gasteiger partial charge on any atom is -0.373 e. The van der Waals surface area contributed by atoms with E-state index in [9.17, 15) is 4.39 Å². The van der Waals surface area contributed by atoms with Crippen LogP contribution in [0.15, 0.2) is 0 Å². The molecular weight excluding hydrogens is 241 g/mol. The third-order valence-corrected chi connectivity index (χ3v) is 4.55. The molecule has 0 aromatic heterocycles. The molecule has 1 heterocycles. The fourth-order valence-electron chi connectivity index (χ4n) is 3.23. The van der Waals surface area contributed by atoms with Gasteiger partial charge in [-0.15, -0.1) is 0 Å². The smallest absolute Gasteiger partial charge is 0.136 e. The van der Waals surface area contributed by atoms with Gasteiger partial charge < -0.3 is 9.64 Å². The number of rotatable bonds is 3. The van der Waals surface area contributed by atoms with Crippen molar-refractivity contribution >= 4 is 0 Å². The third kappa shape index (κ3) is 4.71. The topological polar surface area (TPSA) is 12.5 Å². The Hall–Kier alpha value is -0.150. The quantitative estimate of drug-likeness (QED) is 0.771. The highest BCUT2D eigenvalue weighted by atomic mass is 19.1. The van der Waals surface area contributed by atoms with Crippen LogP contribution in [-0.2, 0) is 4.74 Å². The Bertz CT molecular complexity index is 273. The highest BCUT2D eigenvalue weighted by molar-refractivity contribution is 4.90. The third-order valence-electron chi connectivity index (χ3n) is 4.55. The number of hydrogen-bond donors (Lipinski definition) is 0. The van der Waals surface area contributed by atoms with E-state index < -0.39 is 5.67 Å². The molecule has 0 aromatic rings. The van der Waals surface area contributed by atoms with Crippen molar-refractivity contribution < 1.29 is 9.13 Å².